The first-order valence-electron chi connectivity index (χ1n) is 8.03. The van der Waals surface area contributed by atoms with Gasteiger partial charge in [0.25, 0.3) is 0 Å². The summed E-state index contributed by atoms with van der Waals surface area (Å²) in [5, 5.41) is 4.85. The Bertz CT molecular complexity index is 889. The van der Waals surface area contributed by atoms with E-state index in [-0.39, 0.29) is 24.7 Å². The maximum Gasteiger partial charge on any atom is 0.311 e. The molecule has 3 aromatic rings. The molecule has 0 unspecified atom stereocenters. The molecule has 0 saturated heterocycles. The molecule has 134 valence electrons. The van der Waals surface area contributed by atoms with Gasteiger partial charge in [-0.1, -0.05) is 18.2 Å². The van der Waals surface area contributed by atoms with E-state index < -0.39 is 0 Å². The first-order valence-corrected chi connectivity index (χ1v) is 8.91. The number of rotatable bonds is 7. The molecule has 0 radical (unpaired) electrons. The number of aromatic nitrogens is 2. The van der Waals surface area contributed by atoms with Crippen molar-refractivity contribution in [3.8, 4) is 11.5 Å². The molecule has 2 heterocycles. The van der Waals surface area contributed by atoms with Gasteiger partial charge in [0.2, 0.25) is 11.8 Å². The second-order valence-electron chi connectivity index (χ2n) is 5.36. The second-order valence-corrected chi connectivity index (χ2v) is 6.22. The maximum absolute atomic E-state index is 12.1. The van der Waals surface area contributed by atoms with Gasteiger partial charge in [-0.25, -0.2) is 9.97 Å². The number of ether oxygens (including phenoxy) is 1. The number of anilines is 1. The second kappa shape index (κ2) is 8.39. The Morgan fingerprint density at radius 3 is 2.73 bits per heavy atom. The van der Waals surface area contributed by atoms with E-state index >= 15 is 0 Å². The monoisotopic (exact) mass is 371 g/mol. The smallest absolute Gasteiger partial charge is 0.311 e. The highest BCUT2D eigenvalue weighted by Gasteiger charge is 2.13. The van der Waals surface area contributed by atoms with Crippen LogP contribution in [0.2, 0.25) is 0 Å². The van der Waals surface area contributed by atoms with E-state index in [9.17, 15) is 9.59 Å². The van der Waals surface area contributed by atoms with Gasteiger partial charge in [-0.15, -0.1) is 11.3 Å². The molecule has 0 fully saturated rings. The fraction of sp³-hybridized carbons (Fsp3) is 0.222. The van der Waals surface area contributed by atoms with Crippen molar-refractivity contribution in [2.75, 3.05) is 11.9 Å². The fourth-order valence-corrected chi connectivity index (χ4v) is 2.96. The molecule has 7 nitrogen and oxygen atoms in total. The summed E-state index contributed by atoms with van der Waals surface area (Å²) in [6.07, 6.45) is 1.63. The number of nitrogens with zero attached hydrogens (tertiary/aromatic N) is 2. The molecular weight excluding hydrogens is 354 g/mol. The van der Waals surface area contributed by atoms with E-state index in [1.807, 2.05) is 30.3 Å². The summed E-state index contributed by atoms with van der Waals surface area (Å²) < 4.78 is 10.3. The number of amides is 1. The molecule has 8 heteroatoms. The lowest BCUT2D eigenvalue weighted by Crippen LogP contribution is -2.14. The molecule has 1 N–H and O–H groups in total. The number of oxazole rings is 1. The minimum Gasteiger partial charge on any atom is -0.466 e. The van der Waals surface area contributed by atoms with Crippen molar-refractivity contribution in [3.05, 3.63) is 53.4 Å². The average molecular weight is 371 g/mol. The van der Waals surface area contributed by atoms with E-state index in [0.717, 1.165) is 5.56 Å². The molecule has 0 aliphatic rings. The zero-order chi connectivity index (χ0) is 18.4. The largest absolute Gasteiger partial charge is 0.466 e. The molecule has 0 aliphatic heterocycles. The van der Waals surface area contributed by atoms with Gasteiger partial charge in [0.05, 0.1) is 30.8 Å². The third kappa shape index (κ3) is 4.76. The summed E-state index contributed by atoms with van der Waals surface area (Å²) in [5.41, 5.74) is 1.95. The zero-order valence-electron chi connectivity index (χ0n) is 14.1. The van der Waals surface area contributed by atoms with E-state index in [4.69, 9.17) is 9.15 Å². The van der Waals surface area contributed by atoms with Crippen LogP contribution in [0, 0.1) is 0 Å². The first-order chi connectivity index (χ1) is 12.6. The fourth-order valence-electron chi connectivity index (χ4n) is 2.23. The average Bonchev–Trinajstić information content (AvgIpc) is 3.25. The van der Waals surface area contributed by atoms with Crippen molar-refractivity contribution < 1.29 is 18.7 Å². The molecule has 3 rings (SSSR count). The normalized spacial score (nSPS) is 10.5. The molecule has 0 spiro atoms. The van der Waals surface area contributed by atoms with Gasteiger partial charge in [-0.2, -0.15) is 0 Å². The molecule has 26 heavy (non-hydrogen) atoms. The Morgan fingerprint density at radius 1 is 1.15 bits per heavy atom. The van der Waals surface area contributed by atoms with Crippen LogP contribution < -0.4 is 5.32 Å². The molecular formula is C18H17N3O4S. The highest BCUT2D eigenvalue weighted by Crippen LogP contribution is 2.19. The van der Waals surface area contributed by atoms with Crippen LogP contribution in [0.25, 0.3) is 11.5 Å². The van der Waals surface area contributed by atoms with E-state index in [1.165, 1.54) is 17.6 Å². The SMILES string of the molecule is CCOC(=O)Cc1csc(NC(=O)Cc2coc(-c3ccccc3)n2)n1. The maximum atomic E-state index is 12.1. The number of carbonyl (C=O) groups excluding carboxylic acids is 2. The Morgan fingerprint density at radius 2 is 1.96 bits per heavy atom. The number of esters is 1. The lowest BCUT2D eigenvalue weighted by Gasteiger charge is -1.99. The molecule has 1 amide bonds. The summed E-state index contributed by atoms with van der Waals surface area (Å²) in [6, 6.07) is 9.46. The minimum absolute atomic E-state index is 0.0725. The van der Waals surface area contributed by atoms with Crippen LogP contribution in [-0.2, 0) is 27.2 Å². The highest BCUT2D eigenvalue weighted by atomic mass is 32.1. The van der Waals surface area contributed by atoms with Crippen LogP contribution in [0.15, 0.2) is 46.4 Å². The van der Waals surface area contributed by atoms with Gasteiger partial charge < -0.3 is 14.5 Å². The summed E-state index contributed by atoms with van der Waals surface area (Å²) in [7, 11) is 0. The van der Waals surface area contributed by atoms with Crippen LogP contribution >= 0.6 is 11.3 Å². The Labute approximate surface area is 154 Å². The van der Waals surface area contributed by atoms with Gasteiger partial charge in [0.1, 0.15) is 6.26 Å². The van der Waals surface area contributed by atoms with Crippen molar-refractivity contribution >= 4 is 28.3 Å². The number of hydrogen-bond acceptors (Lipinski definition) is 7. The van der Waals surface area contributed by atoms with Crippen LogP contribution in [0.4, 0.5) is 5.13 Å². The predicted molar refractivity (Wildman–Crippen MR) is 96.7 cm³/mol. The van der Waals surface area contributed by atoms with Gasteiger partial charge in [0.15, 0.2) is 5.13 Å². The van der Waals surface area contributed by atoms with Gasteiger partial charge in [-0.3, -0.25) is 9.59 Å². The number of thiazole rings is 1. The predicted octanol–water partition coefficient (Wildman–Crippen LogP) is 3.08. The minimum atomic E-state index is -0.341. The quantitative estimate of drug-likeness (QED) is 0.642. The van der Waals surface area contributed by atoms with Crippen molar-refractivity contribution in [3.63, 3.8) is 0 Å². The lowest BCUT2D eigenvalue weighted by atomic mass is 10.2. The van der Waals surface area contributed by atoms with Gasteiger partial charge in [0, 0.05) is 10.9 Å². The van der Waals surface area contributed by atoms with Gasteiger partial charge >= 0.3 is 5.97 Å². The molecule has 0 bridgehead atoms. The Kier molecular flexibility index (Phi) is 5.75. The van der Waals surface area contributed by atoms with Gasteiger partial charge in [-0.05, 0) is 19.1 Å². The molecule has 0 atom stereocenters. The third-order valence-corrected chi connectivity index (χ3v) is 4.15. The number of nitrogens with one attached hydrogen (secondary N) is 1. The summed E-state index contributed by atoms with van der Waals surface area (Å²) in [4.78, 5) is 32.1. The third-order valence-electron chi connectivity index (χ3n) is 3.34. The van der Waals surface area contributed by atoms with Crippen molar-refractivity contribution in [1.82, 2.24) is 9.97 Å². The van der Waals surface area contributed by atoms with E-state index in [0.29, 0.717) is 29.0 Å². The Balaban J connectivity index is 1.55. The van der Waals surface area contributed by atoms with Crippen molar-refractivity contribution in [2.45, 2.75) is 19.8 Å². The van der Waals surface area contributed by atoms with E-state index in [2.05, 4.69) is 15.3 Å². The Hall–Kier alpha value is -3.00. The highest BCUT2D eigenvalue weighted by molar-refractivity contribution is 7.13. The molecule has 0 aliphatic carbocycles. The summed E-state index contributed by atoms with van der Waals surface area (Å²) in [6.45, 7) is 2.08. The topological polar surface area (TPSA) is 94.3 Å². The summed E-state index contributed by atoms with van der Waals surface area (Å²) >= 11 is 1.26. The summed E-state index contributed by atoms with van der Waals surface area (Å²) in [5.74, 6) is -0.124. The molecule has 2 aromatic heterocycles. The van der Waals surface area contributed by atoms with E-state index in [1.54, 1.807) is 12.3 Å². The van der Waals surface area contributed by atoms with Crippen LogP contribution in [0.1, 0.15) is 18.3 Å². The van der Waals surface area contributed by atoms with Crippen LogP contribution in [-0.4, -0.2) is 28.5 Å². The molecule has 0 saturated carbocycles. The first kappa shape index (κ1) is 17.8. The van der Waals surface area contributed by atoms with Crippen molar-refractivity contribution in [1.29, 1.82) is 0 Å². The zero-order valence-corrected chi connectivity index (χ0v) is 14.9. The number of hydrogen-bond donors (Lipinski definition) is 1. The standard InChI is InChI=1S/C18H17N3O4S/c1-2-24-16(23)9-14-11-26-18(20-14)21-15(22)8-13-10-25-17(19-13)12-6-4-3-5-7-12/h3-7,10-11H,2,8-9H2,1H3,(H,20,21,22). The lowest BCUT2D eigenvalue weighted by molar-refractivity contribution is -0.142. The van der Waals surface area contributed by atoms with Crippen LogP contribution in [0.3, 0.4) is 0 Å². The molecule has 1 aromatic carbocycles. The van der Waals surface area contributed by atoms with Crippen molar-refractivity contribution in [2.24, 2.45) is 0 Å². The van der Waals surface area contributed by atoms with Crippen LogP contribution in [0.5, 0.6) is 0 Å². The number of carbonyl (C=O) groups is 2. The number of benzene rings is 1.